The zero-order chi connectivity index (χ0) is 24.9. The second-order valence-corrected chi connectivity index (χ2v) is 10.3. The second kappa shape index (κ2) is 8.57. The summed E-state index contributed by atoms with van der Waals surface area (Å²) in [5.41, 5.74) is 3.80. The van der Waals surface area contributed by atoms with Crippen molar-refractivity contribution in [3.8, 4) is 5.82 Å². The van der Waals surface area contributed by atoms with Crippen LogP contribution in [0.15, 0.2) is 41.3 Å². The number of hydrogen-bond acceptors (Lipinski definition) is 6. The summed E-state index contributed by atoms with van der Waals surface area (Å²) < 4.78 is 17.8. The highest BCUT2D eigenvalue weighted by molar-refractivity contribution is 5.77. The standard InChI is InChI=1S/C26H30FN7O/c1-15(2)33-24(35)20-14-29-25(30-19-7-6-17-13-28-9-8-16(17)10-19)32-23(20)34(33)22-12-18(27)11-21(31-22)26(3,4)5/h6-7,10-12,14-15,28H,8-9,13H2,1-5H3,(H,29,30,32). The molecule has 35 heavy (non-hydrogen) atoms. The fraction of sp³-hybridized carbons (Fsp3) is 0.385. The monoisotopic (exact) mass is 475 g/mol. The molecule has 2 N–H and O–H groups in total. The van der Waals surface area contributed by atoms with Crippen LogP contribution in [-0.2, 0) is 18.4 Å². The van der Waals surface area contributed by atoms with Crippen molar-refractivity contribution >= 4 is 22.7 Å². The average Bonchev–Trinajstić information content (AvgIpc) is 3.10. The predicted octanol–water partition coefficient (Wildman–Crippen LogP) is 4.38. The molecule has 4 aromatic rings. The lowest BCUT2D eigenvalue weighted by molar-refractivity contribution is 0.466. The molecule has 0 fully saturated rings. The topological polar surface area (TPSA) is 89.7 Å². The third-order valence-corrected chi connectivity index (χ3v) is 6.22. The summed E-state index contributed by atoms with van der Waals surface area (Å²) in [4.78, 5) is 27.1. The molecule has 0 amide bonds. The molecule has 3 aromatic heterocycles. The van der Waals surface area contributed by atoms with Crippen molar-refractivity contribution in [2.75, 3.05) is 11.9 Å². The molecule has 0 spiro atoms. The lowest BCUT2D eigenvalue weighted by Gasteiger charge is -2.20. The molecule has 0 aliphatic carbocycles. The fourth-order valence-corrected chi connectivity index (χ4v) is 4.41. The van der Waals surface area contributed by atoms with E-state index < -0.39 is 5.82 Å². The first-order valence-electron chi connectivity index (χ1n) is 11.9. The molecule has 1 aliphatic rings. The summed E-state index contributed by atoms with van der Waals surface area (Å²) in [6, 6.07) is 8.76. The molecule has 4 heterocycles. The van der Waals surface area contributed by atoms with Gasteiger partial charge in [0.15, 0.2) is 11.5 Å². The summed E-state index contributed by atoms with van der Waals surface area (Å²) in [7, 11) is 0. The number of pyridine rings is 1. The van der Waals surface area contributed by atoms with Crippen molar-refractivity contribution in [1.82, 2.24) is 29.6 Å². The Kier molecular flexibility index (Phi) is 5.67. The SMILES string of the molecule is CC(C)n1c(=O)c2cnc(Nc3ccc4c(c3)CCNC4)nc2n1-c1cc(F)cc(C(C)(C)C)n1. The van der Waals surface area contributed by atoms with Gasteiger partial charge in [-0.25, -0.2) is 23.7 Å². The fourth-order valence-electron chi connectivity index (χ4n) is 4.41. The highest BCUT2D eigenvalue weighted by Gasteiger charge is 2.23. The van der Waals surface area contributed by atoms with E-state index in [1.165, 1.54) is 29.5 Å². The number of fused-ring (bicyclic) bond motifs is 2. The molecule has 8 nitrogen and oxygen atoms in total. The molecule has 1 aliphatic heterocycles. The molecular weight excluding hydrogens is 445 g/mol. The number of rotatable bonds is 4. The van der Waals surface area contributed by atoms with Gasteiger partial charge in [-0.3, -0.25) is 4.79 Å². The van der Waals surface area contributed by atoms with E-state index in [1.54, 1.807) is 9.36 Å². The Labute approximate surface area is 203 Å². The molecule has 182 valence electrons. The van der Waals surface area contributed by atoms with E-state index in [0.717, 1.165) is 25.2 Å². The zero-order valence-corrected chi connectivity index (χ0v) is 20.7. The van der Waals surface area contributed by atoms with E-state index in [2.05, 4.69) is 32.7 Å². The van der Waals surface area contributed by atoms with Gasteiger partial charge in [-0.2, -0.15) is 4.98 Å². The summed E-state index contributed by atoms with van der Waals surface area (Å²) >= 11 is 0. The van der Waals surface area contributed by atoms with Gasteiger partial charge in [0.1, 0.15) is 11.2 Å². The number of aromatic nitrogens is 5. The molecular formula is C26H30FN7O. The van der Waals surface area contributed by atoms with Crippen molar-refractivity contribution in [1.29, 1.82) is 0 Å². The van der Waals surface area contributed by atoms with Crippen LogP contribution in [0.1, 0.15) is 57.5 Å². The van der Waals surface area contributed by atoms with Crippen LogP contribution < -0.4 is 16.2 Å². The summed E-state index contributed by atoms with van der Waals surface area (Å²) in [6.45, 7) is 11.5. The van der Waals surface area contributed by atoms with Crippen molar-refractivity contribution in [3.63, 3.8) is 0 Å². The predicted molar refractivity (Wildman–Crippen MR) is 135 cm³/mol. The van der Waals surface area contributed by atoms with Gasteiger partial charge in [-0.15, -0.1) is 0 Å². The van der Waals surface area contributed by atoms with Crippen molar-refractivity contribution < 1.29 is 4.39 Å². The molecule has 0 unspecified atom stereocenters. The van der Waals surface area contributed by atoms with Gasteiger partial charge in [0.25, 0.3) is 5.56 Å². The van der Waals surface area contributed by atoms with Gasteiger partial charge >= 0.3 is 0 Å². The minimum atomic E-state index is -0.416. The van der Waals surface area contributed by atoms with Crippen LogP contribution in [0.5, 0.6) is 0 Å². The van der Waals surface area contributed by atoms with E-state index in [-0.39, 0.29) is 17.0 Å². The van der Waals surface area contributed by atoms with Gasteiger partial charge in [-0.05, 0) is 56.1 Å². The third-order valence-electron chi connectivity index (χ3n) is 6.22. The van der Waals surface area contributed by atoms with E-state index in [1.807, 2.05) is 40.7 Å². The molecule has 5 rings (SSSR count). The number of halogens is 1. The molecule has 0 radical (unpaired) electrons. The van der Waals surface area contributed by atoms with Crippen LogP contribution in [-0.4, -0.2) is 30.9 Å². The molecule has 0 atom stereocenters. The number of nitrogens with one attached hydrogen (secondary N) is 2. The van der Waals surface area contributed by atoms with E-state index in [0.29, 0.717) is 28.5 Å². The van der Waals surface area contributed by atoms with Crippen LogP contribution >= 0.6 is 0 Å². The molecule has 0 saturated heterocycles. The lowest BCUT2D eigenvalue weighted by Crippen LogP contribution is -2.25. The Morgan fingerprint density at radius 1 is 1.11 bits per heavy atom. The minimum Gasteiger partial charge on any atom is -0.324 e. The van der Waals surface area contributed by atoms with Gasteiger partial charge < -0.3 is 10.6 Å². The van der Waals surface area contributed by atoms with E-state index >= 15 is 0 Å². The molecule has 0 saturated carbocycles. The van der Waals surface area contributed by atoms with Crippen LogP contribution in [0.25, 0.3) is 16.9 Å². The first kappa shape index (κ1) is 23.2. The largest absolute Gasteiger partial charge is 0.324 e. The third kappa shape index (κ3) is 4.32. The Bertz CT molecular complexity index is 1480. The highest BCUT2D eigenvalue weighted by atomic mass is 19.1. The van der Waals surface area contributed by atoms with Gasteiger partial charge in [-0.1, -0.05) is 26.8 Å². The van der Waals surface area contributed by atoms with Crippen molar-refractivity contribution in [2.45, 2.75) is 59.0 Å². The maximum atomic E-state index is 14.7. The molecule has 0 bridgehead atoms. The van der Waals surface area contributed by atoms with Crippen molar-refractivity contribution in [3.05, 3.63) is 69.5 Å². The number of nitrogens with zero attached hydrogens (tertiary/aromatic N) is 5. The Balaban J connectivity index is 1.65. The van der Waals surface area contributed by atoms with Crippen LogP contribution in [0.4, 0.5) is 16.0 Å². The Morgan fingerprint density at radius 2 is 1.91 bits per heavy atom. The quantitative estimate of drug-likeness (QED) is 0.455. The van der Waals surface area contributed by atoms with E-state index in [9.17, 15) is 9.18 Å². The van der Waals surface area contributed by atoms with Gasteiger partial charge in [0.2, 0.25) is 5.95 Å². The summed E-state index contributed by atoms with van der Waals surface area (Å²) in [6.07, 6.45) is 2.48. The maximum absolute atomic E-state index is 14.7. The highest BCUT2D eigenvalue weighted by Crippen LogP contribution is 2.26. The Morgan fingerprint density at radius 3 is 2.66 bits per heavy atom. The normalized spacial score (nSPS) is 13.9. The Hall–Kier alpha value is -3.59. The smallest absolute Gasteiger partial charge is 0.278 e. The number of benzene rings is 1. The summed E-state index contributed by atoms with van der Waals surface area (Å²) in [5.74, 6) is 0.246. The van der Waals surface area contributed by atoms with Gasteiger partial charge in [0, 0.05) is 36.0 Å². The first-order valence-corrected chi connectivity index (χ1v) is 11.9. The van der Waals surface area contributed by atoms with Gasteiger partial charge in [0.05, 0.1) is 5.69 Å². The van der Waals surface area contributed by atoms with Crippen LogP contribution in [0.2, 0.25) is 0 Å². The average molecular weight is 476 g/mol. The molecule has 1 aromatic carbocycles. The van der Waals surface area contributed by atoms with Crippen LogP contribution in [0, 0.1) is 5.82 Å². The summed E-state index contributed by atoms with van der Waals surface area (Å²) in [5, 5.41) is 6.99. The zero-order valence-electron chi connectivity index (χ0n) is 20.7. The minimum absolute atomic E-state index is 0.203. The number of anilines is 2. The first-order chi connectivity index (χ1) is 16.6. The lowest BCUT2D eigenvalue weighted by atomic mass is 9.91. The second-order valence-electron chi connectivity index (χ2n) is 10.3. The number of hydrogen-bond donors (Lipinski definition) is 2. The van der Waals surface area contributed by atoms with Crippen molar-refractivity contribution in [2.24, 2.45) is 0 Å². The van der Waals surface area contributed by atoms with E-state index in [4.69, 9.17) is 4.98 Å². The maximum Gasteiger partial charge on any atom is 0.278 e. The molecule has 9 heteroatoms. The van der Waals surface area contributed by atoms with Crippen LogP contribution in [0.3, 0.4) is 0 Å².